The monoisotopic (exact) mass is 1150 g/mol. The number of rotatable bonds is 23. The van der Waals surface area contributed by atoms with Crippen LogP contribution in [0.15, 0.2) is 116 Å². The standard InChI is InChI=1S/C31H40N7O6P.C11H13ClO2.C9H14N5O4P.H3N/c1-22(16-38-20-35-25-26(32)33-19-34-27(25)38)44-21-45(41,36-30(2,3)28(39)42-17-23-12-8-6-9-13-23)37-31(4,5)29(40)43-18-24-14-10-7-11-15-24;1-11(2,12)10(13)14-8-9-6-4-3-5-7-9;1-6(18-5-19(15,16)17)2-14-4-13-7-8(10)11-3-12-9(7)14;/h6-15,19-20,22H,16-18,21H2,1-5H3,(H2,32,33,34)(H2,36,37,41);3-7H,8H2,1-2H3;3-4,6H,2,5H2,1H3,(H2,10,11,12)(H2,15,16,17);1H3/t22-;;6-;/m1.1./s1. The van der Waals surface area contributed by atoms with Crippen molar-refractivity contribution in [3.63, 3.8) is 0 Å². The number of anilines is 2. The molecule has 0 aliphatic rings. The third-order valence-electron chi connectivity index (χ3n) is 10.9. The highest BCUT2D eigenvalue weighted by atomic mass is 35.5. The Balaban J connectivity index is 0.000000322. The summed E-state index contributed by atoms with van der Waals surface area (Å²) >= 11 is 5.78. The number of ether oxygens (including phenoxy) is 5. The normalized spacial score (nSPS) is 12.7. The van der Waals surface area contributed by atoms with Crippen LogP contribution in [0.25, 0.3) is 22.3 Å². The van der Waals surface area contributed by atoms with Crippen LogP contribution in [0.5, 0.6) is 0 Å². The molecule has 0 fully saturated rings. The number of nitrogens with one attached hydrogen (secondary N) is 2. The van der Waals surface area contributed by atoms with Gasteiger partial charge in [0, 0.05) is 0 Å². The lowest BCUT2D eigenvalue weighted by Gasteiger charge is -2.35. The van der Waals surface area contributed by atoms with E-state index in [4.69, 9.17) is 56.5 Å². The SMILES string of the molecule is CC(C)(Cl)C(=O)OCc1ccccc1.C[C@H](Cn1cnc2c(N)ncnc21)OCP(=O)(NC(C)(C)C(=O)OCc1ccccc1)NC(C)(C)C(=O)OCc1ccccc1.C[C@H](Cn1cnc2c(N)ncnc21)OCP(=O)(O)O.N. The average Bonchev–Trinajstić information content (AvgIpc) is 4.02. The smallest absolute Gasteiger partial charge is 0.350 e. The molecule has 428 valence electrons. The molecule has 11 N–H and O–H groups in total. The van der Waals surface area contributed by atoms with Crippen molar-refractivity contribution >= 4 is 78.5 Å². The van der Waals surface area contributed by atoms with Crippen LogP contribution in [-0.4, -0.2) is 108 Å². The first-order chi connectivity index (χ1) is 36.6. The molecular formula is C51H70ClN13O12P2. The number of halogens is 1. The summed E-state index contributed by atoms with van der Waals surface area (Å²) in [5, 5.41) is 5.85. The molecule has 0 saturated heterocycles. The minimum absolute atomic E-state index is 0. The highest BCUT2D eigenvalue weighted by molar-refractivity contribution is 7.59. The molecule has 0 saturated carbocycles. The van der Waals surface area contributed by atoms with E-state index in [2.05, 4.69) is 40.1 Å². The number of fused-ring (bicyclic) bond motifs is 2. The summed E-state index contributed by atoms with van der Waals surface area (Å²) in [7, 11) is -8.01. The predicted molar refractivity (Wildman–Crippen MR) is 298 cm³/mol. The summed E-state index contributed by atoms with van der Waals surface area (Å²) in [4.78, 5) is 78.6. The van der Waals surface area contributed by atoms with Crippen LogP contribution in [0.2, 0.25) is 0 Å². The second kappa shape index (κ2) is 28.9. The van der Waals surface area contributed by atoms with Gasteiger partial charge in [-0.3, -0.25) is 23.5 Å². The number of alkyl halides is 1. The van der Waals surface area contributed by atoms with Gasteiger partial charge in [-0.2, -0.15) is 0 Å². The van der Waals surface area contributed by atoms with E-state index in [1.807, 2.05) is 91.0 Å². The van der Waals surface area contributed by atoms with Crippen LogP contribution < -0.4 is 27.8 Å². The molecule has 25 nitrogen and oxygen atoms in total. The van der Waals surface area contributed by atoms with Crippen molar-refractivity contribution < 1.29 is 57.0 Å². The Morgan fingerprint density at radius 3 is 1.27 bits per heavy atom. The zero-order chi connectivity index (χ0) is 57.3. The molecule has 0 aliphatic carbocycles. The van der Waals surface area contributed by atoms with Crippen LogP contribution in [0, 0.1) is 0 Å². The first kappa shape index (κ1) is 64.8. The summed E-state index contributed by atoms with van der Waals surface area (Å²) in [5.74, 6) is -1.12. The molecule has 0 amide bonds. The number of carbonyl (C=O) groups excluding carboxylic acids is 3. The molecule has 28 heteroatoms. The number of imidazole rings is 2. The Bertz CT molecular complexity index is 3090. The maximum Gasteiger partial charge on any atom is 0.350 e. The molecule has 0 radical (unpaired) electrons. The summed E-state index contributed by atoms with van der Waals surface area (Å²) < 4.78 is 55.9. The summed E-state index contributed by atoms with van der Waals surface area (Å²) in [6.45, 7) is 14.0. The van der Waals surface area contributed by atoms with Gasteiger partial charge in [-0.1, -0.05) is 91.0 Å². The first-order valence-electron chi connectivity index (χ1n) is 24.3. The molecule has 0 aliphatic heterocycles. The van der Waals surface area contributed by atoms with Gasteiger partial charge in [-0.05, 0) is 72.1 Å². The summed E-state index contributed by atoms with van der Waals surface area (Å²) in [5.41, 5.74) is 13.3. The van der Waals surface area contributed by atoms with Gasteiger partial charge in [-0.15, -0.1) is 11.6 Å². The lowest BCUT2D eigenvalue weighted by Crippen LogP contribution is -2.54. The molecule has 4 aromatic heterocycles. The van der Waals surface area contributed by atoms with Crippen LogP contribution in [0.4, 0.5) is 11.6 Å². The Kier molecular flexibility index (Phi) is 23.7. The third-order valence-corrected chi connectivity index (χ3v) is 13.9. The van der Waals surface area contributed by atoms with Crippen LogP contribution in [0.1, 0.15) is 72.1 Å². The Morgan fingerprint density at radius 2 is 0.924 bits per heavy atom. The van der Waals surface area contributed by atoms with Gasteiger partial charge >= 0.3 is 25.5 Å². The molecule has 4 heterocycles. The number of esters is 3. The van der Waals surface area contributed by atoms with Crippen molar-refractivity contribution in [2.75, 3.05) is 24.2 Å². The number of benzene rings is 3. The van der Waals surface area contributed by atoms with E-state index in [1.165, 1.54) is 19.0 Å². The van der Waals surface area contributed by atoms with Crippen LogP contribution in [-0.2, 0) is 80.1 Å². The Morgan fingerprint density at radius 1 is 0.582 bits per heavy atom. The highest BCUT2D eigenvalue weighted by Crippen LogP contribution is 2.42. The molecular weight excluding hydrogens is 1080 g/mol. The number of hydrogen-bond acceptors (Lipinski definition) is 19. The molecule has 7 aromatic rings. The van der Waals surface area contributed by atoms with Gasteiger partial charge in [0.05, 0.1) is 38.0 Å². The van der Waals surface area contributed by atoms with Crippen LogP contribution in [0.3, 0.4) is 0 Å². The number of aromatic nitrogens is 8. The molecule has 7 rings (SSSR count). The molecule has 79 heavy (non-hydrogen) atoms. The van der Waals surface area contributed by atoms with Gasteiger partial charge in [0.25, 0.3) is 0 Å². The minimum Gasteiger partial charge on any atom is -0.460 e. The number of hydrogen-bond donors (Lipinski definition) is 7. The molecule has 2 atom stereocenters. The average molecular weight is 1150 g/mol. The predicted octanol–water partition coefficient (Wildman–Crippen LogP) is 7.05. The number of carbonyl (C=O) groups is 3. The fourth-order valence-corrected chi connectivity index (χ4v) is 10.1. The molecule has 3 aromatic carbocycles. The van der Waals surface area contributed by atoms with E-state index in [9.17, 15) is 23.5 Å². The summed E-state index contributed by atoms with van der Waals surface area (Å²) in [6, 6.07) is 28.0. The Labute approximate surface area is 462 Å². The first-order valence-corrected chi connectivity index (χ1v) is 28.3. The van der Waals surface area contributed by atoms with E-state index in [1.54, 1.807) is 70.9 Å². The lowest BCUT2D eigenvalue weighted by atomic mass is 10.1. The Hall–Kier alpha value is -6.76. The molecule has 0 spiro atoms. The van der Waals surface area contributed by atoms with E-state index < -0.39 is 67.5 Å². The number of nitrogen functional groups attached to an aromatic ring is 2. The second-order valence-corrected chi connectivity index (χ2v) is 24.1. The highest BCUT2D eigenvalue weighted by Gasteiger charge is 2.43. The van der Waals surface area contributed by atoms with E-state index in [0.717, 1.165) is 16.7 Å². The van der Waals surface area contributed by atoms with Gasteiger partial charge in [0.1, 0.15) is 72.2 Å². The van der Waals surface area contributed by atoms with Crippen molar-refractivity contribution in [1.29, 1.82) is 0 Å². The topological polar surface area (TPSA) is 370 Å². The minimum atomic E-state index is -4.16. The zero-order valence-electron chi connectivity index (χ0n) is 45.3. The number of nitrogens with two attached hydrogens (primary N) is 2. The largest absolute Gasteiger partial charge is 0.460 e. The van der Waals surface area contributed by atoms with Gasteiger partial charge in [0.15, 0.2) is 22.9 Å². The maximum absolute atomic E-state index is 14.5. The second-order valence-electron chi connectivity index (χ2n) is 19.4. The summed E-state index contributed by atoms with van der Waals surface area (Å²) in [6.07, 6.45) is 3.91. The van der Waals surface area contributed by atoms with Crippen molar-refractivity contribution in [3.05, 3.63) is 133 Å². The van der Waals surface area contributed by atoms with E-state index >= 15 is 0 Å². The quantitative estimate of drug-likeness (QED) is 0.0146. The van der Waals surface area contributed by atoms with Gasteiger partial charge in [-0.25, -0.2) is 40.1 Å². The lowest BCUT2D eigenvalue weighted by molar-refractivity contribution is -0.151. The third kappa shape index (κ3) is 20.8. The fourth-order valence-electron chi connectivity index (χ4n) is 6.97. The fraction of sp³-hybridized carbons (Fsp3) is 0.392. The van der Waals surface area contributed by atoms with Gasteiger partial charge in [0.2, 0.25) is 7.44 Å². The van der Waals surface area contributed by atoms with Crippen molar-refractivity contribution in [2.45, 2.75) is 116 Å². The zero-order valence-corrected chi connectivity index (χ0v) is 47.8. The van der Waals surface area contributed by atoms with Crippen molar-refractivity contribution in [3.8, 4) is 0 Å². The van der Waals surface area contributed by atoms with Crippen molar-refractivity contribution in [2.24, 2.45) is 0 Å². The molecule has 0 unspecified atom stereocenters. The number of nitrogens with zero attached hydrogens (tertiary/aromatic N) is 8. The van der Waals surface area contributed by atoms with Crippen LogP contribution >= 0.6 is 26.6 Å². The van der Waals surface area contributed by atoms with Crippen molar-refractivity contribution in [1.82, 2.24) is 55.4 Å². The van der Waals surface area contributed by atoms with Gasteiger partial charge < -0.3 is 60.2 Å². The van der Waals surface area contributed by atoms with E-state index in [-0.39, 0.29) is 44.0 Å². The van der Waals surface area contributed by atoms with E-state index in [0.29, 0.717) is 35.4 Å². The maximum atomic E-state index is 14.5. The molecule has 0 bridgehead atoms.